The lowest BCUT2D eigenvalue weighted by Crippen LogP contribution is -2.36. The Labute approximate surface area is 192 Å². The molecule has 2 aliphatic rings. The standard InChI is InChI=1S/C23H21N3O4S2/c1-12-8-13-9-14(4-5-16(13)26(12)22(27)28)30-17-6-7-24-15-10-18(32-20(15)17)21-25-19(11-31-21)23(2,3)29/h4-11,13,16,29H,1-3H3,(H,27,28). The zero-order valence-electron chi connectivity index (χ0n) is 17.6. The molecule has 0 bridgehead atoms. The summed E-state index contributed by atoms with van der Waals surface area (Å²) in [5.74, 6) is 1.30. The number of allylic oxidation sites excluding steroid dienone is 2. The first-order chi connectivity index (χ1) is 15.2. The number of fused-ring (bicyclic) bond motifs is 2. The fourth-order valence-corrected chi connectivity index (χ4v) is 6.02. The fourth-order valence-electron chi connectivity index (χ4n) is 3.91. The van der Waals surface area contributed by atoms with E-state index in [-0.39, 0.29) is 12.0 Å². The third-order valence-electron chi connectivity index (χ3n) is 5.47. The van der Waals surface area contributed by atoms with E-state index in [0.717, 1.165) is 25.8 Å². The Morgan fingerprint density at radius 3 is 2.84 bits per heavy atom. The van der Waals surface area contributed by atoms with Crippen molar-refractivity contribution in [3.05, 3.63) is 65.2 Å². The molecule has 2 N–H and O–H groups in total. The topological polar surface area (TPSA) is 95.8 Å². The molecule has 0 radical (unpaired) electrons. The van der Waals surface area contributed by atoms with Crippen LogP contribution in [0.1, 0.15) is 26.5 Å². The molecular formula is C23H21N3O4S2. The molecule has 164 valence electrons. The highest BCUT2D eigenvalue weighted by Crippen LogP contribution is 2.41. The van der Waals surface area contributed by atoms with Crippen molar-refractivity contribution in [3.8, 4) is 15.6 Å². The maximum absolute atomic E-state index is 11.5. The largest absolute Gasteiger partial charge is 0.465 e. The number of pyridine rings is 1. The second-order valence-electron chi connectivity index (χ2n) is 8.29. The average Bonchev–Trinajstić information content (AvgIpc) is 3.43. The van der Waals surface area contributed by atoms with Gasteiger partial charge in [0.15, 0.2) is 0 Å². The summed E-state index contributed by atoms with van der Waals surface area (Å²) in [5, 5.41) is 22.4. The molecule has 4 heterocycles. The Balaban J connectivity index is 1.43. The SMILES string of the molecule is CC1=CC2C=C(Oc3ccnc4cc(-c5nc(C(C)(C)O)cs5)sc34)C=CC2N1C(=O)O. The number of ether oxygens (including phenoxy) is 1. The quantitative estimate of drug-likeness (QED) is 0.536. The maximum atomic E-state index is 11.5. The highest BCUT2D eigenvalue weighted by Gasteiger charge is 2.35. The van der Waals surface area contributed by atoms with Crippen molar-refractivity contribution in [2.24, 2.45) is 5.92 Å². The van der Waals surface area contributed by atoms with Gasteiger partial charge in [0.2, 0.25) is 0 Å². The van der Waals surface area contributed by atoms with Crippen molar-refractivity contribution in [1.29, 1.82) is 0 Å². The highest BCUT2D eigenvalue weighted by atomic mass is 32.1. The number of hydrogen-bond acceptors (Lipinski definition) is 7. The van der Waals surface area contributed by atoms with Gasteiger partial charge in [-0.25, -0.2) is 9.78 Å². The minimum atomic E-state index is -0.987. The molecule has 0 spiro atoms. The van der Waals surface area contributed by atoms with Gasteiger partial charge < -0.3 is 14.9 Å². The van der Waals surface area contributed by atoms with Crippen LogP contribution >= 0.6 is 22.7 Å². The van der Waals surface area contributed by atoms with E-state index in [4.69, 9.17) is 4.74 Å². The minimum Gasteiger partial charge on any atom is -0.465 e. The van der Waals surface area contributed by atoms with Gasteiger partial charge in [-0.15, -0.1) is 22.7 Å². The van der Waals surface area contributed by atoms with Crippen molar-refractivity contribution in [3.63, 3.8) is 0 Å². The van der Waals surface area contributed by atoms with Gasteiger partial charge in [-0.1, -0.05) is 12.2 Å². The molecular weight excluding hydrogens is 446 g/mol. The lowest BCUT2D eigenvalue weighted by atomic mass is 9.96. The number of aromatic nitrogens is 2. The van der Waals surface area contributed by atoms with Crippen LogP contribution in [0.2, 0.25) is 0 Å². The van der Waals surface area contributed by atoms with Crippen LogP contribution in [-0.4, -0.2) is 37.2 Å². The highest BCUT2D eigenvalue weighted by molar-refractivity contribution is 7.25. The van der Waals surface area contributed by atoms with E-state index in [1.807, 2.05) is 41.8 Å². The van der Waals surface area contributed by atoms with E-state index in [9.17, 15) is 15.0 Å². The number of hydrogen-bond donors (Lipinski definition) is 2. The summed E-state index contributed by atoms with van der Waals surface area (Å²) in [6, 6.07) is 3.57. The van der Waals surface area contributed by atoms with Gasteiger partial charge >= 0.3 is 6.09 Å². The number of carbonyl (C=O) groups is 1. The van der Waals surface area contributed by atoms with Crippen LogP contribution < -0.4 is 4.74 Å². The summed E-state index contributed by atoms with van der Waals surface area (Å²) >= 11 is 3.03. The first-order valence-corrected chi connectivity index (χ1v) is 11.8. The van der Waals surface area contributed by atoms with Crippen LogP contribution in [0, 0.1) is 5.92 Å². The van der Waals surface area contributed by atoms with Crippen LogP contribution in [-0.2, 0) is 5.60 Å². The lowest BCUT2D eigenvalue weighted by Gasteiger charge is -2.26. The number of carboxylic acid groups (broad SMARTS) is 1. The van der Waals surface area contributed by atoms with Gasteiger partial charge in [0.1, 0.15) is 22.1 Å². The molecule has 1 amide bonds. The van der Waals surface area contributed by atoms with Crippen LogP contribution in [0.5, 0.6) is 5.75 Å². The Kier molecular flexibility index (Phi) is 4.92. The van der Waals surface area contributed by atoms with Gasteiger partial charge in [-0.3, -0.25) is 9.88 Å². The summed E-state index contributed by atoms with van der Waals surface area (Å²) in [6.07, 6.45) is 8.34. The second kappa shape index (κ2) is 7.54. The number of thiophene rings is 1. The molecule has 3 aromatic rings. The van der Waals surface area contributed by atoms with Gasteiger partial charge in [0.25, 0.3) is 0 Å². The summed E-state index contributed by atoms with van der Waals surface area (Å²) in [6.45, 7) is 5.24. The number of thiazole rings is 1. The van der Waals surface area contributed by atoms with Crippen LogP contribution in [0.25, 0.3) is 20.1 Å². The third kappa shape index (κ3) is 3.62. The second-order valence-corrected chi connectivity index (χ2v) is 10.2. The van der Waals surface area contributed by atoms with E-state index < -0.39 is 11.7 Å². The average molecular weight is 468 g/mol. The minimum absolute atomic E-state index is 0.0575. The molecule has 1 aliphatic heterocycles. The number of amides is 1. The molecule has 9 heteroatoms. The van der Waals surface area contributed by atoms with Crippen molar-refractivity contribution in [1.82, 2.24) is 14.9 Å². The van der Waals surface area contributed by atoms with Crippen molar-refractivity contribution >= 4 is 39.0 Å². The van der Waals surface area contributed by atoms with E-state index in [2.05, 4.69) is 9.97 Å². The van der Waals surface area contributed by atoms with Crippen LogP contribution in [0.3, 0.4) is 0 Å². The Morgan fingerprint density at radius 1 is 1.31 bits per heavy atom. The monoisotopic (exact) mass is 467 g/mol. The first kappa shape index (κ1) is 20.9. The van der Waals surface area contributed by atoms with Crippen LogP contribution in [0.15, 0.2) is 59.5 Å². The molecule has 3 aromatic heterocycles. The molecule has 0 fully saturated rings. The molecule has 32 heavy (non-hydrogen) atoms. The fraction of sp³-hybridized carbons (Fsp3) is 0.261. The Morgan fingerprint density at radius 2 is 2.12 bits per heavy atom. The first-order valence-electron chi connectivity index (χ1n) is 10.1. The van der Waals surface area contributed by atoms with Gasteiger partial charge in [0.05, 0.1) is 26.8 Å². The van der Waals surface area contributed by atoms with Crippen molar-refractivity contribution in [2.75, 3.05) is 0 Å². The van der Waals surface area contributed by atoms with E-state index in [1.54, 1.807) is 38.3 Å². The smallest absolute Gasteiger partial charge is 0.412 e. The molecule has 0 saturated heterocycles. The van der Waals surface area contributed by atoms with E-state index in [1.165, 1.54) is 16.2 Å². The molecule has 2 unspecified atom stereocenters. The van der Waals surface area contributed by atoms with Gasteiger partial charge in [-0.05, 0) is 39.0 Å². The van der Waals surface area contributed by atoms with E-state index in [0.29, 0.717) is 17.2 Å². The lowest BCUT2D eigenvalue weighted by molar-refractivity contribution is 0.0746. The molecule has 2 atom stereocenters. The number of aliphatic hydroxyl groups is 1. The Hall–Kier alpha value is -3.01. The third-order valence-corrected chi connectivity index (χ3v) is 7.62. The predicted molar refractivity (Wildman–Crippen MR) is 125 cm³/mol. The summed E-state index contributed by atoms with van der Waals surface area (Å²) in [7, 11) is 0. The summed E-state index contributed by atoms with van der Waals surface area (Å²) in [5.41, 5.74) is 1.19. The number of rotatable bonds is 4. The normalized spacial score (nSPS) is 20.3. The van der Waals surface area contributed by atoms with Crippen molar-refractivity contribution in [2.45, 2.75) is 32.4 Å². The van der Waals surface area contributed by atoms with Crippen LogP contribution in [0.4, 0.5) is 4.79 Å². The van der Waals surface area contributed by atoms with E-state index >= 15 is 0 Å². The summed E-state index contributed by atoms with van der Waals surface area (Å²) < 4.78 is 7.12. The predicted octanol–water partition coefficient (Wildman–Crippen LogP) is 5.36. The molecule has 5 rings (SSSR count). The summed E-state index contributed by atoms with van der Waals surface area (Å²) in [4.78, 5) is 22.9. The molecule has 1 aliphatic carbocycles. The zero-order valence-corrected chi connectivity index (χ0v) is 19.3. The Bertz CT molecular complexity index is 1310. The van der Waals surface area contributed by atoms with Gasteiger partial charge in [0, 0.05) is 29.3 Å². The maximum Gasteiger partial charge on any atom is 0.412 e. The molecule has 0 aromatic carbocycles. The van der Waals surface area contributed by atoms with Gasteiger partial charge in [-0.2, -0.15) is 0 Å². The zero-order chi connectivity index (χ0) is 22.6. The number of nitrogens with zero attached hydrogens (tertiary/aromatic N) is 3. The molecule has 0 saturated carbocycles. The molecule has 7 nitrogen and oxygen atoms in total. The van der Waals surface area contributed by atoms with Crippen molar-refractivity contribution < 1.29 is 19.7 Å².